The van der Waals surface area contributed by atoms with Crippen LogP contribution in [0, 0.1) is 5.82 Å². The minimum Gasteiger partial charge on any atom is -0.507 e. The number of phenols is 1. The van der Waals surface area contributed by atoms with Gasteiger partial charge >= 0.3 is 0 Å². The summed E-state index contributed by atoms with van der Waals surface area (Å²) in [5.74, 6) is -1.18. The van der Waals surface area contributed by atoms with Gasteiger partial charge in [0.1, 0.15) is 11.6 Å². The lowest BCUT2D eigenvalue weighted by molar-refractivity contribution is 0.0765. The Kier molecular flexibility index (Phi) is 4.25. The Morgan fingerprint density at radius 2 is 2.25 bits per heavy atom. The molecule has 0 aromatic heterocycles. The van der Waals surface area contributed by atoms with Gasteiger partial charge in [-0.2, -0.15) is 0 Å². The number of hydrogen-bond acceptors (Lipinski definition) is 3. The lowest BCUT2D eigenvalue weighted by atomic mass is 10.1. The van der Waals surface area contributed by atoms with Gasteiger partial charge in [-0.1, -0.05) is 0 Å². The van der Waals surface area contributed by atoms with Crippen LogP contribution in [0.4, 0.5) is 4.39 Å². The van der Waals surface area contributed by atoms with Crippen molar-refractivity contribution in [1.29, 1.82) is 0 Å². The van der Waals surface area contributed by atoms with Crippen molar-refractivity contribution in [3.8, 4) is 5.75 Å². The van der Waals surface area contributed by atoms with Crippen molar-refractivity contribution in [3.63, 3.8) is 0 Å². The first-order valence-corrected chi connectivity index (χ1v) is 5.08. The maximum Gasteiger partial charge on any atom is 0.257 e. The Labute approximate surface area is 93.5 Å². The van der Waals surface area contributed by atoms with E-state index in [4.69, 9.17) is 5.73 Å². The molecule has 0 saturated carbocycles. The molecular formula is C11H15FN2O2. The molecule has 0 heterocycles. The lowest BCUT2D eigenvalue weighted by Crippen LogP contribution is -2.35. The zero-order valence-corrected chi connectivity index (χ0v) is 9.11. The summed E-state index contributed by atoms with van der Waals surface area (Å²) in [5.41, 5.74) is 5.33. The SMILES string of the molecule is CCN(CCN)C(=O)c1cc(F)ccc1O. The second kappa shape index (κ2) is 5.46. The van der Waals surface area contributed by atoms with Gasteiger partial charge in [0.25, 0.3) is 5.91 Å². The fraction of sp³-hybridized carbons (Fsp3) is 0.364. The van der Waals surface area contributed by atoms with Gasteiger partial charge in [0, 0.05) is 19.6 Å². The first-order chi connectivity index (χ1) is 7.60. The number of halogens is 1. The van der Waals surface area contributed by atoms with Gasteiger partial charge in [0.2, 0.25) is 0 Å². The molecule has 0 fully saturated rings. The molecule has 1 aromatic rings. The van der Waals surface area contributed by atoms with Crippen molar-refractivity contribution in [2.75, 3.05) is 19.6 Å². The number of benzene rings is 1. The Hall–Kier alpha value is -1.62. The minimum absolute atomic E-state index is 0.0321. The van der Waals surface area contributed by atoms with E-state index in [0.29, 0.717) is 19.6 Å². The maximum atomic E-state index is 13.0. The quantitative estimate of drug-likeness (QED) is 0.803. The zero-order valence-electron chi connectivity index (χ0n) is 9.11. The number of hydrogen-bond donors (Lipinski definition) is 2. The highest BCUT2D eigenvalue weighted by Gasteiger charge is 2.17. The number of rotatable bonds is 4. The van der Waals surface area contributed by atoms with Crippen molar-refractivity contribution in [1.82, 2.24) is 4.90 Å². The zero-order chi connectivity index (χ0) is 12.1. The highest BCUT2D eigenvalue weighted by atomic mass is 19.1. The molecule has 1 rings (SSSR count). The molecule has 3 N–H and O–H groups in total. The van der Waals surface area contributed by atoms with Gasteiger partial charge in [-0.3, -0.25) is 4.79 Å². The van der Waals surface area contributed by atoms with Crippen LogP contribution < -0.4 is 5.73 Å². The smallest absolute Gasteiger partial charge is 0.257 e. The first kappa shape index (κ1) is 12.4. The standard InChI is InChI=1S/C11H15FN2O2/c1-2-14(6-5-13)11(16)9-7-8(12)3-4-10(9)15/h3-4,7,15H,2,5-6,13H2,1H3. The van der Waals surface area contributed by atoms with Crippen LogP contribution in [0.2, 0.25) is 0 Å². The van der Waals surface area contributed by atoms with Crippen LogP contribution in [0.15, 0.2) is 18.2 Å². The molecule has 5 heteroatoms. The average molecular weight is 226 g/mol. The lowest BCUT2D eigenvalue weighted by Gasteiger charge is -2.20. The number of nitrogens with zero attached hydrogens (tertiary/aromatic N) is 1. The van der Waals surface area contributed by atoms with Gasteiger partial charge in [-0.05, 0) is 25.1 Å². The summed E-state index contributed by atoms with van der Waals surface area (Å²) < 4.78 is 13.0. The summed E-state index contributed by atoms with van der Waals surface area (Å²) in [4.78, 5) is 13.3. The molecule has 0 aliphatic heterocycles. The molecule has 4 nitrogen and oxygen atoms in total. The van der Waals surface area contributed by atoms with E-state index in [0.717, 1.165) is 12.1 Å². The van der Waals surface area contributed by atoms with Crippen LogP contribution in [0.25, 0.3) is 0 Å². The fourth-order valence-corrected chi connectivity index (χ4v) is 1.41. The number of nitrogens with two attached hydrogens (primary N) is 1. The Bertz CT molecular complexity index is 382. The predicted molar refractivity (Wildman–Crippen MR) is 58.7 cm³/mol. The number of phenolic OH excluding ortho intramolecular Hbond substituents is 1. The summed E-state index contributed by atoms with van der Waals surface area (Å²) in [6.07, 6.45) is 0. The fourth-order valence-electron chi connectivity index (χ4n) is 1.41. The largest absolute Gasteiger partial charge is 0.507 e. The van der Waals surface area contributed by atoms with Crippen molar-refractivity contribution in [2.24, 2.45) is 5.73 Å². The molecule has 1 aromatic carbocycles. The van der Waals surface area contributed by atoms with E-state index in [2.05, 4.69) is 0 Å². The Morgan fingerprint density at radius 3 is 2.81 bits per heavy atom. The molecule has 0 unspecified atom stereocenters. The molecular weight excluding hydrogens is 211 g/mol. The van der Waals surface area contributed by atoms with Gasteiger partial charge in [0.05, 0.1) is 5.56 Å². The predicted octanol–water partition coefficient (Wildman–Crippen LogP) is 0.952. The number of carbonyl (C=O) groups is 1. The molecule has 88 valence electrons. The topological polar surface area (TPSA) is 66.6 Å². The van der Waals surface area contributed by atoms with Crippen molar-refractivity contribution < 1.29 is 14.3 Å². The van der Waals surface area contributed by atoms with Gasteiger partial charge < -0.3 is 15.7 Å². The third-order valence-corrected chi connectivity index (χ3v) is 2.26. The Morgan fingerprint density at radius 1 is 1.56 bits per heavy atom. The summed E-state index contributed by atoms with van der Waals surface area (Å²) in [6, 6.07) is 3.29. The molecule has 0 saturated heterocycles. The summed E-state index contributed by atoms with van der Waals surface area (Å²) in [7, 11) is 0. The van der Waals surface area contributed by atoms with Gasteiger partial charge in [-0.15, -0.1) is 0 Å². The van der Waals surface area contributed by atoms with Crippen LogP contribution in [0.1, 0.15) is 17.3 Å². The van der Waals surface area contributed by atoms with Crippen molar-refractivity contribution in [2.45, 2.75) is 6.92 Å². The number of amides is 1. The van der Waals surface area contributed by atoms with Crippen LogP contribution in [-0.4, -0.2) is 35.5 Å². The van der Waals surface area contributed by atoms with Gasteiger partial charge in [-0.25, -0.2) is 4.39 Å². The highest BCUT2D eigenvalue weighted by molar-refractivity contribution is 5.96. The molecule has 0 spiro atoms. The third-order valence-electron chi connectivity index (χ3n) is 2.26. The molecule has 0 bridgehead atoms. The van der Waals surface area contributed by atoms with Crippen LogP contribution in [0.3, 0.4) is 0 Å². The van der Waals surface area contributed by atoms with Crippen LogP contribution in [0.5, 0.6) is 5.75 Å². The molecule has 1 amide bonds. The second-order valence-electron chi connectivity index (χ2n) is 3.33. The summed E-state index contributed by atoms with van der Waals surface area (Å²) in [5, 5.41) is 9.47. The van der Waals surface area contributed by atoms with E-state index in [1.54, 1.807) is 6.92 Å². The van der Waals surface area contributed by atoms with Gasteiger partial charge in [0.15, 0.2) is 0 Å². The van der Waals surface area contributed by atoms with E-state index in [1.807, 2.05) is 0 Å². The first-order valence-electron chi connectivity index (χ1n) is 5.08. The highest BCUT2D eigenvalue weighted by Crippen LogP contribution is 2.19. The normalized spacial score (nSPS) is 10.2. The van der Waals surface area contributed by atoms with Crippen LogP contribution in [-0.2, 0) is 0 Å². The molecule has 0 aliphatic carbocycles. The molecule has 16 heavy (non-hydrogen) atoms. The third kappa shape index (κ3) is 2.70. The van der Waals surface area contributed by atoms with E-state index >= 15 is 0 Å². The Balaban J connectivity index is 2.98. The molecule has 0 aliphatic rings. The van der Waals surface area contributed by atoms with Crippen molar-refractivity contribution in [3.05, 3.63) is 29.6 Å². The monoisotopic (exact) mass is 226 g/mol. The number of likely N-dealkylation sites (N-methyl/N-ethyl adjacent to an activating group) is 1. The summed E-state index contributed by atoms with van der Waals surface area (Å²) >= 11 is 0. The average Bonchev–Trinajstić information content (AvgIpc) is 2.28. The maximum absolute atomic E-state index is 13.0. The molecule has 0 atom stereocenters. The van der Waals surface area contributed by atoms with E-state index in [1.165, 1.54) is 11.0 Å². The van der Waals surface area contributed by atoms with Crippen LogP contribution >= 0.6 is 0 Å². The second-order valence-corrected chi connectivity index (χ2v) is 3.33. The number of carbonyl (C=O) groups excluding carboxylic acids is 1. The minimum atomic E-state index is -0.551. The van der Waals surface area contributed by atoms with Crippen molar-refractivity contribution >= 4 is 5.91 Å². The van der Waals surface area contributed by atoms with E-state index in [-0.39, 0.29) is 11.3 Å². The van der Waals surface area contributed by atoms with E-state index in [9.17, 15) is 14.3 Å². The number of aromatic hydroxyl groups is 1. The summed E-state index contributed by atoms with van der Waals surface area (Å²) in [6.45, 7) is 2.97. The van der Waals surface area contributed by atoms with E-state index < -0.39 is 11.7 Å². The molecule has 0 radical (unpaired) electrons.